The zero-order valence-corrected chi connectivity index (χ0v) is 6.63. The first-order valence-electron chi connectivity index (χ1n) is 3.35. The summed E-state index contributed by atoms with van der Waals surface area (Å²) in [5.74, 6) is 0. The molecule has 0 fully saturated rings. The van der Waals surface area contributed by atoms with Crippen molar-refractivity contribution in [1.29, 1.82) is 0 Å². The monoisotopic (exact) mass is 159 g/mol. The lowest BCUT2D eigenvalue weighted by atomic mass is 10.4. The summed E-state index contributed by atoms with van der Waals surface area (Å²) in [5, 5.41) is 2.52. The molecule has 0 aromatic heterocycles. The maximum absolute atomic E-state index is 10.5. The van der Waals surface area contributed by atoms with Gasteiger partial charge in [0.1, 0.15) is 0 Å². The van der Waals surface area contributed by atoms with E-state index in [2.05, 4.69) is 16.6 Å². The lowest BCUT2D eigenvalue weighted by Gasteiger charge is -2.02. The van der Waals surface area contributed by atoms with Gasteiger partial charge in [-0.15, -0.1) is 0 Å². The van der Waals surface area contributed by atoms with E-state index in [0.717, 1.165) is 6.42 Å². The van der Waals surface area contributed by atoms with Crippen molar-refractivity contribution in [1.82, 2.24) is 5.32 Å². The highest BCUT2D eigenvalue weighted by molar-refractivity contribution is 5.66. The number of alkyl carbamates (subject to hydrolysis) is 1. The van der Waals surface area contributed by atoms with Gasteiger partial charge >= 0.3 is 6.09 Å². The number of nitrogens with one attached hydrogen (secondary N) is 1. The zero-order valence-electron chi connectivity index (χ0n) is 6.63. The average Bonchev–Trinajstić information content (AvgIpc) is 2.04. The Morgan fingerprint density at radius 3 is 3.00 bits per heavy atom. The van der Waals surface area contributed by atoms with Crippen LogP contribution in [0.5, 0.6) is 0 Å². The van der Waals surface area contributed by atoms with Crippen LogP contribution in [0.4, 0.5) is 4.79 Å². The van der Waals surface area contributed by atoms with Crippen LogP contribution >= 0.6 is 0 Å². The van der Waals surface area contributed by atoms with Crippen molar-refractivity contribution < 1.29 is 14.3 Å². The fraction of sp³-hybridized carbons (Fsp3) is 0.571. The molecule has 0 spiro atoms. The third-order valence-corrected chi connectivity index (χ3v) is 1.01. The van der Waals surface area contributed by atoms with Crippen LogP contribution in [0.15, 0.2) is 12.8 Å². The molecule has 0 aromatic rings. The first-order chi connectivity index (χ1) is 5.31. The van der Waals surface area contributed by atoms with Crippen LogP contribution in [0.2, 0.25) is 0 Å². The Morgan fingerprint density at radius 2 is 2.45 bits per heavy atom. The van der Waals surface area contributed by atoms with Crippen molar-refractivity contribution in [3.8, 4) is 0 Å². The molecule has 4 nitrogen and oxygen atoms in total. The topological polar surface area (TPSA) is 47.6 Å². The minimum atomic E-state index is -0.413. The summed E-state index contributed by atoms with van der Waals surface area (Å²) in [6.07, 6.45) is 1.71. The molecule has 0 radical (unpaired) electrons. The van der Waals surface area contributed by atoms with Crippen LogP contribution < -0.4 is 5.32 Å². The highest BCUT2D eigenvalue weighted by atomic mass is 16.5. The lowest BCUT2D eigenvalue weighted by molar-refractivity contribution is 0.169. The molecule has 4 heteroatoms. The predicted octanol–water partition coefficient (Wildman–Crippen LogP) is 0.893. The third kappa shape index (κ3) is 6.70. The number of hydrogen-bond acceptors (Lipinski definition) is 3. The normalized spacial score (nSPS) is 8.45. The maximum atomic E-state index is 10.5. The Balaban J connectivity index is 3.01. The van der Waals surface area contributed by atoms with Crippen LogP contribution in [-0.2, 0) is 9.47 Å². The van der Waals surface area contributed by atoms with Crippen molar-refractivity contribution in [2.45, 2.75) is 6.42 Å². The summed E-state index contributed by atoms with van der Waals surface area (Å²) in [5.41, 5.74) is 0. The molecule has 1 N–H and O–H groups in total. The van der Waals surface area contributed by atoms with Crippen LogP contribution in [-0.4, -0.2) is 26.4 Å². The zero-order chi connectivity index (χ0) is 8.53. The van der Waals surface area contributed by atoms with E-state index in [1.165, 1.54) is 13.4 Å². The maximum Gasteiger partial charge on any atom is 0.406 e. The number of methoxy groups -OCH3 is 1. The van der Waals surface area contributed by atoms with Gasteiger partial charge in [0.2, 0.25) is 0 Å². The largest absolute Gasteiger partial charge is 0.502 e. The molecule has 11 heavy (non-hydrogen) atoms. The van der Waals surface area contributed by atoms with Gasteiger partial charge in [-0.2, -0.15) is 0 Å². The quantitative estimate of drug-likeness (QED) is 0.478. The molecule has 1 amide bonds. The van der Waals surface area contributed by atoms with E-state index in [1.807, 2.05) is 0 Å². The highest BCUT2D eigenvalue weighted by Gasteiger charge is 1.94. The molecule has 0 saturated heterocycles. The second-order valence-corrected chi connectivity index (χ2v) is 1.81. The summed E-state index contributed by atoms with van der Waals surface area (Å²) in [7, 11) is 1.33. The Kier molecular flexibility index (Phi) is 6.17. The van der Waals surface area contributed by atoms with E-state index in [9.17, 15) is 4.79 Å². The van der Waals surface area contributed by atoms with E-state index in [-0.39, 0.29) is 0 Å². The molecule has 0 heterocycles. The standard InChI is InChI=1S/C7H13NO3/c1-3-11-6-4-5-8-7(9)10-2/h3H,1,4-6H2,2H3,(H,8,9). The SMILES string of the molecule is C=COCCCNC(=O)OC. The van der Waals surface area contributed by atoms with Gasteiger partial charge in [0, 0.05) is 6.54 Å². The molecule has 0 saturated carbocycles. The number of carbonyl (C=O) groups is 1. The Hall–Kier alpha value is -1.19. The van der Waals surface area contributed by atoms with Gasteiger partial charge in [0.25, 0.3) is 0 Å². The average molecular weight is 159 g/mol. The highest BCUT2D eigenvalue weighted by Crippen LogP contribution is 1.81. The predicted molar refractivity (Wildman–Crippen MR) is 41.2 cm³/mol. The van der Waals surface area contributed by atoms with Gasteiger partial charge in [0.15, 0.2) is 0 Å². The minimum Gasteiger partial charge on any atom is -0.502 e. The fourth-order valence-electron chi connectivity index (χ4n) is 0.501. The molecule has 0 aliphatic heterocycles. The summed E-state index contributed by atoms with van der Waals surface area (Å²) in [6.45, 7) is 4.49. The fourth-order valence-corrected chi connectivity index (χ4v) is 0.501. The van der Waals surface area contributed by atoms with Gasteiger partial charge in [-0.1, -0.05) is 6.58 Å². The molecule has 0 atom stereocenters. The number of carbonyl (C=O) groups excluding carboxylic acids is 1. The van der Waals surface area contributed by atoms with Crippen LogP contribution in [0.1, 0.15) is 6.42 Å². The minimum absolute atomic E-state index is 0.413. The van der Waals surface area contributed by atoms with Crippen molar-refractivity contribution in [2.24, 2.45) is 0 Å². The molecular weight excluding hydrogens is 146 g/mol. The third-order valence-electron chi connectivity index (χ3n) is 1.01. The van der Waals surface area contributed by atoms with E-state index in [0.29, 0.717) is 13.2 Å². The summed E-state index contributed by atoms with van der Waals surface area (Å²) in [4.78, 5) is 10.5. The molecular formula is C7H13NO3. The van der Waals surface area contributed by atoms with Crippen LogP contribution in [0.25, 0.3) is 0 Å². The van der Waals surface area contributed by atoms with Gasteiger partial charge in [0.05, 0.1) is 20.0 Å². The van der Waals surface area contributed by atoms with Gasteiger partial charge < -0.3 is 14.8 Å². The summed E-state index contributed by atoms with van der Waals surface area (Å²) < 4.78 is 9.17. The van der Waals surface area contributed by atoms with Crippen molar-refractivity contribution in [2.75, 3.05) is 20.3 Å². The Labute approximate surface area is 66.2 Å². The van der Waals surface area contributed by atoms with Crippen LogP contribution in [0.3, 0.4) is 0 Å². The lowest BCUT2D eigenvalue weighted by Crippen LogP contribution is -2.24. The molecule has 0 rings (SSSR count). The Bertz CT molecular complexity index is 125. The molecule has 0 aromatic carbocycles. The summed E-state index contributed by atoms with van der Waals surface area (Å²) >= 11 is 0. The molecule has 64 valence electrons. The van der Waals surface area contributed by atoms with Gasteiger partial charge in [-0.3, -0.25) is 0 Å². The molecule has 0 unspecified atom stereocenters. The van der Waals surface area contributed by atoms with Crippen LogP contribution in [0, 0.1) is 0 Å². The molecule has 0 aliphatic carbocycles. The number of hydrogen-bond donors (Lipinski definition) is 1. The smallest absolute Gasteiger partial charge is 0.406 e. The number of amides is 1. The second-order valence-electron chi connectivity index (χ2n) is 1.81. The second kappa shape index (κ2) is 6.92. The van der Waals surface area contributed by atoms with Gasteiger partial charge in [-0.25, -0.2) is 4.79 Å². The Morgan fingerprint density at radius 1 is 1.73 bits per heavy atom. The van der Waals surface area contributed by atoms with Crippen molar-refractivity contribution >= 4 is 6.09 Å². The van der Waals surface area contributed by atoms with Crippen molar-refractivity contribution in [3.63, 3.8) is 0 Å². The summed E-state index contributed by atoms with van der Waals surface area (Å²) in [6, 6.07) is 0. The number of rotatable bonds is 5. The molecule has 0 aliphatic rings. The number of ether oxygens (including phenoxy) is 2. The van der Waals surface area contributed by atoms with Crippen molar-refractivity contribution in [3.05, 3.63) is 12.8 Å². The molecule has 0 bridgehead atoms. The van der Waals surface area contributed by atoms with E-state index < -0.39 is 6.09 Å². The first kappa shape index (κ1) is 9.81. The van der Waals surface area contributed by atoms with E-state index >= 15 is 0 Å². The van der Waals surface area contributed by atoms with Gasteiger partial charge in [-0.05, 0) is 6.42 Å². The first-order valence-corrected chi connectivity index (χ1v) is 3.35. The van der Waals surface area contributed by atoms with E-state index in [1.54, 1.807) is 0 Å². The van der Waals surface area contributed by atoms with E-state index in [4.69, 9.17) is 4.74 Å².